The molecule has 0 saturated carbocycles. The monoisotopic (exact) mass is 234 g/mol. The van der Waals surface area contributed by atoms with Crippen molar-refractivity contribution in [1.29, 1.82) is 0 Å². The van der Waals surface area contributed by atoms with Crippen molar-refractivity contribution in [2.24, 2.45) is 5.92 Å². The lowest BCUT2D eigenvalue weighted by Crippen LogP contribution is -2.31. The molecule has 94 valence electrons. The summed E-state index contributed by atoms with van der Waals surface area (Å²) >= 11 is 0. The van der Waals surface area contributed by atoms with Gasteiger partial charge in [-0.2, -0.15) is 0 Å². The van der Waals surface area contributed by atoms with Gasteiger partial charge in [-0.25, -0.2) is 9.97 Å². The SMILES string of the molecule is CCCc1cnc(NCC2CCNCC2)nc1. The first-order valence-corrected chi connectivity index (χ1v) is 6.64. The van der Waals surface area contributed by atoms with Crippen molar-refractivity contribution >= 4 is 5.95 Å². The molecule has 0 spiro atoms. The van der Waals surface area contributed by atoms with E-state index in [9.17, 15) is 0 Å². The largest absolute Gasteiger partial charge is 0.354 e. The maximum Gasteiger partial charge on any atom is 0.222 e. The smallest absolute Gasteiger partial charge is 0.222 e. The van der Waals surface area contributed by atoms with Gasteiger partial charge in [-0.05, 0) is 43.8 Å². The zero-order valence-electron chi connectivity index (χ0n) is 10.6. The number of anilines is 1. The Morgan fingerprint density at radius 3 is 2.65 bits per heavy atom. The Kier molecular flexibility index (Phi) is 4.74. The van der Waals surface area contributed by atoms with E-state index >= 15 is 0 Å². The van der Waals surface area contributed by atoms with Crippen LogP contribution in [0.2, 0.25) is 0 Å². The number of aromatic nitrogens is 2. The molecule has 2 heterocycles. The highest BCUT2D eigenvalue weighted by atomic mass is 15.1. The molecule has 1 fully saturated rings. The maximum absolute atomic E-state index is 4.34. The average Bonchev–Trinajstić information content (AvgIpc) is 2.40. The van der Waals surface area contributed by atoms with E-state index < -0.39 is 0 Å². The average molecular weight is 234 g/mol. The van der Waals surface area contributed by atoms with Gasteiger partial charge in [-0.15, -0.1) is 0 Å². The summed E-state index contributed by atoms with van der Waals surface area (Å²) in [6, 6.07) is 0. The fourth-order valence-corrected chi connectivity index (χ4v) is 2.19. The lowest BCUT2D eigenvalue weighted by molar-refractivity contribution is 0.389. The Morgan fingerprint density at radius 2 is 2.00 bits per heavy atom. The molecule has 17 heavy (non-hydrogen) atoms. The molecule has 0 aliphatic carbocycles. The van der Waals surface area contributed by atoms with Crippen LogP contribution >= 0.6 is 0 Å². The lowest BCUT2D eigenvalue weighted by atomic mass is 9.98. The van der Waals surface area contributed by atoms with Gasteiger partial charge < -0.3 is 10.6 Å². The van der Waals surface area contributed by atoms with Gasteiger partial charge in [0.25, 0.3) is 0 Å². The standard InChI is InChI=1S/C13H22N4/c1-2-3-12-9-16-13(17-10-12)15-8-11-4-6-14-7-5-11/h9-11,14H,2-8H2,1H3,(H,15,16,17). The first-order chi connectivity index (χ1) is 8.38. The van der Waals surface area contributed by atoms with Crippen LogP contribution in [-0.2, 0) is 6.42 Å². The molecule has 1 aromatic rings. The molecule has 1 saturated heterocycles. The van der Waals surface area contributed by atoms with Gasteiger partial charge >= 0.3 is 0 Å². The van der Waals surface area contributed by atoms with Crippen LogP contribution in [0.1, 0.15) is 31.7 Å². The highest BCUT2D eigenvalue weighted by Gasteiger charge is 2.12. The van der Waals surface area contributed by atoms with E-state index in [0.29, 0.717) is 0 Å². The van der Waals surface area contributed by atoms with Crippen molar-refractivity contribution in [2.75, 3.05) is 25.0 Å². The van der Waals surface area contributed by atoms with Crippen molar-refractivity contribution < 1.29 is 0 Å². The normalized spacial score (nSPS) is 17.0. The molecule has 4 nitrogen and oxygen atoms in total. The van der Waals surface area contributed by atoms with E-state index in [1.807, 2.05) is 12.4 Å². The second-order valence-electron chi connectivity index (χ2n) is 4.74. The second kappa shape index (κ2) is 6.55. The zero-order valence-corrected chi connectivity index (χ0v) is 10.6. The van der Waals surface area contributed by atoms with Gasteiger partial charge in [0.15, 0.2) is 0 Å². The molecule has 0 unspecified atom stereocenters. The van der Waals surface area contributed by atoms with Gasteiger partial charge in [-0.3, -0.25) is 0 Å². The number of aryl methyl sites for hydroxylation is 1. The molecule has 0 amide bonds. The molecule has 1 aliphatic heterocycles. The van der Waals surface area contributed by atoms with Crippen LogP contribution in [0.25, 0.3) is 0 Å². The molecule has 0 atom stereocenters. The Morgan fingerprint density at radius 1 is 1.29 bits per heavy atom. The molecule has 1 aliphatic rings. The van der Waals surface area contributed by atoms with E-state index in [1.165, 1.54) is 18.4 Å². The second-order valence-corrected chi connectivity index (χ2v) is 4.74. The van der Waals surface area contributed by atoms with E-state index in [1.54, 1.807) is 0 Å². The molecule has 0 bridgehead atoms. The minimum absolute atomic E-state index is 0.759. The predicted octanol–water partition coefficient (Wildman–Crippen LogP) is 1.84. The lowest BCUT2D eigenvalue weighted by Gasteiger charge is -2.22. The minimum Gasteiger partial charge on any atom is -0.354 e. The van der Waals surface area contributed by atoms with Crippen molar-refractivity contribution in [1.82, 2.24) is 15.3 Å². The van der Waals surface area contributed by atoms with Gasteiger partial charge in [0, 0.05) is 18.9 Å². The summed E-state index contributed by atoms with van der Waals surface area (Å²) in [5.41, 5.74) is 1.22. The van der Waals surface area contributed by atoms with Gasteiger partial charge in [0.05, 0.1) is 0 Å². The van der Waals surface area contributed by atoms with E-state index in [2.05, 4.69) is 27.5 Å². The van der Waals surface area contributed by atoms with Crippen LogP contribution in [0.5, 0.6) is 0 Å². The van der Waals surface area contributed by atoms with E-state index in [0.717, 1.165) is 44.3 Å². The van der Waals surface area contributed by atoms with Crippen molar-refractivity contribution in [3.63, 3.8) is 0 Å². The highest BCUT2D eigenvalue weighted by molar-refractivity contribution is 5.24. The number of rotatable bonds is 5. The Hall–Kier alpha value is -1.16. The molecular formula is C13H22N4. The molecule has 2 N–H and O–H groups in total. The van der Waals surface area contributed by atoms with Crippen LogP contribution in [0.3, 0.4) is 0 Å². The fraction of sp³-hybridized carbons (Fsp3) is 0.692. The quantitative estimate of drug-likeness (QED) is 0.816. The van der Waals surface area contributed by atoms with E-state index in [-0.39, 0.29) is 0 Å². The van der Waals surface area contributed by atoms with Gasteiger partial charge in [0.1, 0.15) is 0 Å². The zero-order chi connectivity index (χ0) is 11.9. The fourth-order valence-electron chi connectivity index (χ4n) is 2.19. The summed E-state index contributed by atoms with van der Waals surface area (Å²) in [5, 5.41) is 6.71. The summed E-state index contributed by atoms with van der Waals surface area (Å²) in [4.78, 5) is 8.69. The maximum atomic E-state index is 4.34. The minimum atomic E-state index is 0.759. The first kappa shape index (κ1) is 12.3. The first-order valence-electron chi connectivity index (χ1n) is 6.64. The highest BCUT2D eigenvalue weighted by Crippen LogP contribution is 2.12. The Balaban J connectivity index is 1.77. The van der Waals surface area contributed by atoms with Gasteiger partial charge in [-0.1, -0.05) is 13.3 Å². The van der Waals surface area contributed by atoms with Crippen LogP contribution in [-0.4, -0.2) is 29.6 Å². The van der Waals surface area contributed by atoms with Crippen molar-refractivity contribution in [3.8, 4) is 0 Å². The Labute approximate surface area is 103 Å². The molecular weight excluding hydrogens is 212 g/mol. The summed E-state index contributed by atoms with van der Waals surface area (Å²) in [7, 11) is 0. The van der Waals surface area contributed by atoms with Crippen LogP contribution in [0.4, 0.5) is 5.95 Å². The summed E-state index contributed by atoms with van der Waals surface area (Å²) < 4.78 is 0. The number of piperidine rings is 1. The van der Waals surface area contributed by atoms with Crippen molar-refractivity contribution in [3.05, 3.63) is 18.0 Å². The van der Waals surface area contributed by atoms with Crippen molar-refractivity contribution in [2.45, 2.75) is 32.6 Å². The number of hydrogen-bond donors (Lipinski definition) is 2. The molecule has 4 heteroatoms. The Bertz CT molecular complexity index is 317. The topological polar surface area (TPSA) is 49.8 Å². The third kappa shape index (κ3) is 3.97. The number of nitrogens with one attached hydrogen (secondary N) is 2. The molecule has 1 aromatic heterocycles. The third-order valence-electron chi connectivity index (χ3n) is 3.25. The van der Waals surface area contributed by atoms with Gasteiger partial charge in [0.2, 0.25) is 5.95 Å². The number of hydrogen-bond acceptors (Lipinski definition) is 4. The third-order valence-corrected chi connectivity index (χ3v) is 3.25. The van der Waals surface area contributed by atoms with E-state index in [4.69, 9.17) is 0 Å². The van der Waals surface area contributed by atoms with Crippen LogP contribution < -0.4 is 10.6 Å². The van der Waals surface area contributed by atoms with Crippen LogP contribution in [0.15, 0.2) is 12.4 Å². The summed E-state index contributed by atoms with van der Waals surface area (Å²) in [6.45, 7) is 5.45. The van der Waals surface area contributed by atoms with Crippen LogP contribution in [0, 0.1) is 5.92 Å². The summed E-state index contributed by atoms with van der Waals surface area (Å²) in [5.74, 6) is 1.53. The molecule has 2 rings (SSSR count). The predicted molar refractivity (Wildman–Crippen MR) is 70.1 cm³/mol. The summed E-state index contributed by atoms with van der Waals surface area (Å²) in [6.07, 6.45) is 8.57. The molecule has 0 aromatic carbocycles. The number of nitrogens with zero attached hydrogens (tertiary/aromatic N) is 2. The molecule has 0 radical (unpaired) electrons.